The van der Waals surface area contributed by atoms with Gasteiger partial charge in [0.15, 0.2) is 0 Å². The van der Waals surface area contributed by atoms with Gasteiger partial charge in [-0.05, 0) is 25.0 Å². The summed E-state index contributed by atoms with van der Waals surface area (Å²) in [6.45, 7) is 4.16. The molecule has 0 unspecified atom stereocenters. The molecule has 1 aromatic heterocycles. The molecule has 0 bridgehead atoms. The molecule has 2 nitrogen and oxygen atoms in total. The minimum Gasteiger partial charge on any atom is -0.397 e. The van der Waals surface area contributed by atoms with E-state index in [4.69, 9.17) is 5.73 Å². The zero-order valence-electron chi connectivity index (χ0n) is 7.09. The monoisotopic (exact) mass is 150 g/mol. The molecule has 0 aliphatic heterocycles. The lowest BCUT2D eigenvalue weighted by molar-refractivity contribution is 0.959. The summed E-state index contributed by atoms with van der Waals surface area (Å²) in [5.41, 5.74) is 8.64. The molecule has 60 valence electrons. The number of aryl methyl sites for hydroxylation is 2. The van der Waals surface area contributed by atoms with Crippen molar-refractivity contribution in [2.24, 2.45) is 0 Å². The first-order valence-corrected chi connectivity index (χ1v) is 4.02. The number of aromatic nitrogens is 1. The molecule has 0 amide bonds. The Balaban J connectivity index is 3.02. The van der Waals surface area contributed by atoms with Crippen LogP contribution in [0.5, 0.6) is 0 Å². The summed E-state index contributed by atoms with van der Waals surface area (Å²) in [6.07, 6.45) is 1.90. The van der Waals surface area contributed by atoms with Gasteiger partial charge in [-0.3, -0.25) is 4.98 Å². The predicted octanol–water partition coefficient (Wildman–Crippen LogP) is 1.79. The molecular formula is C9H14N2. The Labute approximate surface area is 67.5 Å². The zero-order valence-corrected chi connectivity index (χ0v) is 7.09. The number of nitrogens with zero attached hydrogens (tertiary/aromatic N) is 1. The van der Waals surface area contributed by atoms with E-state index in [-0.39, 0.29) is 0 Å². The Morgan fingerprint density at radius 2 is 2.00 bits per heavy atom. The molecular weight excluding hydrogens is 136 g/mol. The van der Waals surface area contributed by atoms with Crippen molar-refractivity contribution in [3.05, 3.63) is 23.5 Å². The van der Waals surface area contributed by atoms with Gasteiger partial charge in [0.2, 0.25) is 0 Å². The minimum absolute atomic E-state index is 0.810. The van der Waals surface area contributed by atoms with E-state index < -0.39 is 0 Å². The van der Waals surface area contributed by atoms with Crippen LogP contribution in [0.3, 0.4) is 0 Å². The molecule has 0 fully saturated rings. The maximum absolute atomic E-state index is 5.69. The normalized spacial score (nSPS) is 10.0. The highest BCUT2D eigenvalue weighted by atomic mass is 14.8. The summed E-state index contributed by atoms with van der Waals surface area (Å²) in [4.78, 5) is 4.38. The van der Waals surface area contributed by atoms with Crippen molar-refractivity contribution in [2.45, 2.75) is 26.7 Å². The molecule has 2 heteroatoms. The van der Waals surface area contributed by atoms with Gasteiger partial charge in [-0.2, -0.15) is 0 Å². The van der Waals surface area contributed by atoms with Crippen LogP contribution in [0, 0.1) is 0 Å². The van der Waals surface area contributed by atoms with Crippen LogP contribution >= 0.6 is 0 Å². The second-order valence-corrected chi connectivity index (χ2v) is 2.55. The van der Waals surface area contributed by atoms with E-state index in [9.17, 15) is 0 Å². The molecule has 2 N–H and O–H groups in total. The summed E-state index contributed by atoms with van der Waals surface area (Å²) in [7, 11) is 0. The molecule has 1 rings (SSSR count). The number of anilines is 1. The van der Waals surface area contributed by atoms with Crippen LogP contribution in [-0.4, -0.2) is 4.98 Å². The van der Waals surface area contributed by atoms with Crippen LogP contribution in [0.25, 0.3) is 0 Å². The van der Waals surface area contributed by atoms with Gasteiger partial charge < -0.3 is 5.73 Å². The third-order valence-corrected chi connectivity index (χ3v) is 1.76. The summed E-state index contributed by atoms with van der Waals surface area (Å²) in [6, 6.07) is 3.92. The van der Waals surface area contributed by atoms with Crippen LogP contribution in [0.2, 0.25) is 0 Å². The number of nitrogens with two attached hydrogens (primary N) is 1. The van der Waals surface area contributed by atoms with Gasteiger partial charge in [-0.15, -0.1) is 0 Å². The van der Waals surface area contributed by atoms with Gasteiger partial charge in [-0.25, -0.2) is 0 Å². The number of hydrogen-bond acceptors (Lipinski definition) is 2. The van der Waals surface area contributed by atoms with Gasteiger partial charge >= 0.3 is 0 Å². The molecule has 0 saturated heterocycles. The molecule has 0 atom stereocenters. The van der Waals surface area contributed by atoms with Gasteiger partial charge in [0.25, 0.3) is 0 Å². The Hall–Kier alpha value is -1.05. The minimum atomic E-state index is 0.810. The molecule has 1 heterocycles. The van der Waals surface area contributed by atoms with Crippen molar-refractivity contribution in [1.29, 1.82) is 0 Å². The van der Waals surface area contributed by atoms with Crippen molar-refractivity contribution >= 4 is 5.69 Å². The van der Waals surface area contributed by atoms with Crippen LogP contribution < -0.4 is 5.73 Å². The van der Waals surface area contributed by atoms with Gasteiger partial charge in [-0.1, -0.05) is 13.8 Å². The molecule has 11 heavy (non-hydrogen) atoms. The lowest BCUT2D eigenvalue weighted by Crippen LogP contribution is -1.98. The highest BCUT2D eigenvalue weighted by Crippen LogP contribution is 2.10. The lowest BCUT2D eigenvalue weighted by Gasteiger charge is -2.03. The third-order valence-electron chi connectivity index (χ3n) is 1.76. The SMILES string of the molecule is CCc1ccc(N)c(CC)n1. The summed E-state index contributed by atoms with van der Waals surface area (Å²) < 4.78 is 0. The van der Waals surface area contributed by atoms with E-state index in [2.05, 4.69) is 18.8 Å². The maximum atomic E-state index is 5.69. The first kappa shape index (κ1) is 8.05. The molecule has 0 aliphatic carbocycles. The van der Waals surface area contributed by atoms with E-state index in [1.165, 1.54) is 0 Å². The third kappa shape index (κ3) is 1.70. The Morgan fingerprint density at radius 3 is 2.55 bits per heavy atom. The fraction of sp³-hybridized carbons (Fsp3) is 0.444. The topological polar surface area (TPSA) is 38.9 Å². The summed E-state index contributed by atoms with van der Waals surface area (Å²) in [5, 5.41) is 0. The molecule has 0 saturated carbocycles. The van der Waals surface area contributed by atoms with Gasteiger partial charge in [0.1, 0.15) is 0 Å². The van der Waals surface area contributed by atoms with Crippen molar-refractivity contribution in [2.75, 3.05) is 5.73 Å². The quantitative estimate of drug-likeness (QED) is 0.698. The van der Waals surface area contributed by atoms with E-state index in [1.54, 1.807) is 0 Å². The Bertz CT molecular complexity index is 243. The number of pyridine rings is 1. The first-order chi connectivity index (χ1) is 5.27. The van der Waals surface area contributed by atoms with Crippen LogP contribution in [0.4, 0.5) is 5.69 Å². The Kier molecular flexibility index (Phi) is 2.47. The highest BCUT2D eigenvalue weighted by Gasteiger charge is 1.98. The maximum Gasteiger partial charge on any atom is 0.0633 e. The van der Waals surface area contributed by atoms with E-state index in [1.807, 2.05) is 12.1 Å². The van der Waals surface area contributed by atoms with E-state index in [0.29, 0.717) is 0 Å². The fourth-order valence-corrected chi connectivity index (χ4v) is 1.04. The second kappa shape index (κ2) is 3.37. The molecule has 0 radical (unpaired) electrons. The van der Waals surface area contributed by atoms with Crippen LogP contribution in [0.15, 0.2) is 12.1 Å². The van der Waals surface area contributed by atoms with E-state index in [0.717, 1.165) is 29.9 Å². The van der Waals surface area contributed by atoms with Crippen molar-refractivity contribution in [3.63, 3.8) is 0 Å². The number of hydrogen-bond donors (Lipinski definition) is 1. The highest BCUT2D eigenvalue weighted by molar-refractivity contribution is 5.43. The Morgan fingerprint density at radius 1 is 1.27 bits per heavy atom. The van der Waals surface area contributed by atoms with Crippen LogP contribution in [-0.2, 0) is 12.8 Å². The smallest absolute Gasteiger partial charge is 0.0633 e. The average molecular weight is 150 g/mol. The molecule has 1 aromatic rings. The van der Waals surface area contributed by atoms with Crippen molar-refractivity contribution in [3.8, 4) is 0 Å². The largest absolute Gasteiger partial charge is 0.397 e. The summed E-state index contributed by atoms with van der Waals surface area (Å²) in [5.74, 6) is 0. The van der Waals surface area contributed by atoms with Gasteiger partial charge in [0.05, 0.1) is 11.4 Å². The van der Waals surface area contributed by atoms with Crippen molar-refractivity contribution in [1.82, 2.24) is 4.98 Å². The van der Waals surface area contributed by atoms with E-state index >= 15 is 0 Å². The number of nitrogen functional groups attached to an aromatic ring is 1. The zero-order chi connectivity index (χ0) is 8.27. The average Bonchev–Trinajstić information content (AvgIpc) is 2.05. The second-order valence-electron chi connectivity index (χ2n) is 2.55. The molecule has 0 spiro atoms. The molecule has 0 aliphatic rings. The van der Waals surface area contributed by atoms with Crippen molar-refractivity contribution < 1.29 is 0 Å². The lowest BCUT2D eigenvalue weighted by atomic mass is 10.2. The molecule has 0 aromatic carbocycles. The summed E-state index contributed by atoms with van der Waals surface area (Å²) >= 11 is 0. The number of rotatable bonds is 2. The van der Waals surface area contributed by atoms with Crippen LogP contribution in [0.1, 0.15) is 25.2 Å². The van der Waals surface area contributed by atoms with Gasteiger partial charge in [0, 0.05) is 5.69 Å². The standard InChI is InChI=1S/C9H14N2/c1-3-7-5-6-8(10)9(4-2)11-7/h5-6H,3-4,10H2,1-2H3. The fourth-order valence-electron chi connectivity index (χ4n) is 1.04. The predicted molar refractivity (Wildman–Crippen MR) is 47.4 cm³/mol. The first-order valence-electron chi connectivity index (χ1n) is 4.02.